The van der Waals surface area contributed by atoms with Gasteiger partial charge < -0.3 is 4.74 Å². The van der Waals surface area contributed by atoms with Gasteiger partial charge in [-0.05, 0) is 49.2 Å². The first kappa shape index (κ1) is 12.1. The van der Waals surface area contributed by atoms with Gasteiger partial charge in [-0.15, -0.1) is 0 Å². The molecule has 0 aliphatic rings. The SMILES string of the molecule is COc1cc(C)c(C)cc1-c1ccc(C#N)cn1. The van der Waals surface area contributed by atoms with Crippen LogP contribution >= 0.6 is 0 Å². The molecule has 0 saturated heterocycles. The summed E-state index contributed by atoms with van der Waals surface area (Å²) in [6, 6.07) is 9.72. The molecule has 90 valence electrons. The monoisotopic (exact) mass is 238 g/mol. The van der Waals surface area contributed by atoms with E-state index in [2.05, 4.69) is 24.0 Å². The van der Waals surface area contributed by atoms with E-state index in [4.69, 9.17) is 10.00 Å². The molecule has 1 aromatic heterocycles. The zero-order valence-corrected chi connectivity index (χ0v) is 10.7. The molecular formula is C15H14N2O. The number of pyridine rings is 1. The Labute approximate surface area is 107 Å². The van der Waals surface area contributed by atoms with Crippen LogP contribution in [-0.2, 0) is 0 Å². The van der Waals surface area contributed by atoms with Crippen LogP contribution in [0.3, 0.4) is 0 Å². The van der Waals surface area contributed by atoms with E-state index in [-0.39, 0.29) is 0 Å². The van der Waals surface area contributed by atoms with Crippen LogP contribution in [0.4, 0.5) is 0 Å². The topological polar surface area (TPSA) is 45.9 Å². The maximum atomic E-state index is 8.77. The quantitative estimate of drug-likeness (QED) is 0.806. The Morgan fingerprint density at radius 1 is 1.17 bits per heavy atom. The molecule has 2 rings (SSSR count). The van der Waals surface area contributed by atoms with Crippen LogP contribution in [-0.4, -0.2) is 12.1 Å². The van der Waals surface area contributed by atoms with Gasteiger partial charge in [0.2, 0.25) is 0 Å². The molecule has 0 bridgehead atoms. The lowest BCUT2D eigenvalue weighted by molar-refractivity contribution is 0.416. The van der Waals surface area contributed by atoms with Crippen LogP contribution in [0.25, 0.3) is 11.3 Å². The van der Waals surface area contributed by atoms with Crippen molar-refractivity contribution in [2.75, 3.05) is 7.11 Å². The Morgan fingerprint density at radius 2 is 1.89 bits per heavy atom. The van der Waals surface area contributed by atoms with Crippen molar-refractivity contribution in [1.29, 1.82) is 5.26 Å². The lowest BCUT2D eigenvalue weighted by atomic mass is 10.0. The maximum Gasteiger partial charge on any atom is 0.128 e. The number of rotatable bonds is 2. The van der Waals surface area contributed by atoms with Gasteiger partial charge in [-0.3, -0.25) is 4.98 Å². The number of methoxy groups -OCH3 is 1. The first-order valence-electron chi connectivity index (χ1n) is 5.67. The van der Waals surface area contributed by atoms with Gasteiger partial charge in [-0.1, -0.05) is 0 Å². The number of ether oxygens (including phenoxy) is 1. The van der Waals surface area contributed by atoms with Crippen molar-refractivity contribution in [1.82, 2.24) is 4.98 Å². The molecule has 0 saturated carbocycles. The second kappa shape index (κ2) is 4.89. The third-order valence-electron chi connectivity index (χ3n) is 2.98. The van der Waals surface area contributed by atoms with Crippen molar-refractivity contribution in [2.45, 2.75) is 13.8 Å². The molecule has 0 spiro atoms. The standard InChI is InChI=1S/C15H14N2O/c1-10-6-13(15(18-3)7-11(10)2)14-5-4-12(8-16)9-17-14/h4-7,9H,1-3H3. The molecule has 0 atom stereocenters. The highest BCUT2D eigenvalue weighted by Gasteiger charge is 2.09. The summed E-state index contributed by atoms with van der Waals surface area (Å²) < 4.78 is 5.39. The number of nitriles is 1. The molecule has 18 heavy (non-hydrogen) atoms. The summed E-state index contributed by atoms with van der Waals surface area (Å²) >= 11 is 0. The molecule has 2 aromatic rings. The highest BCUT2D eigenvalue weighted by Crippen LogP contribution is 2.31. The molecule has 0 aliphatic carbocycles. The average molecular weight is 238 g/mol. The molecule has 0 unspecified atom stereocenters. The Morgan fingerprint density at radius 3 is 2.44 bits per heavy atom. The van der Waals surface area contributed by atoms with Crippen LogP contribution in [0, 0.1) is 25.2 Å². The minimum atomic E-state index is 0.557. The van der Waals surface area contributed by atoms with E-state index >= 15 is 0 Å². The van der Waals surface area contributed by atoms with Gasteiger partial charge in [0, 0.05) is 11.8 Å². The molecule has 3 heteroatoms. The number of aryl methyl sites for hydroxylation is 2. The Hall–Kier alpha value is -2.34. The summed E-state index contributed by atoms with van der Waals surface area (Å²) in [6.45, 7) is 4.11. The lowest BCUT2D eigenvalue weighted by Gasteiger charge is -2.11. The fraction of sp³-hybridized carbons (Fsp3) is 0.200. The molecule has 0 N–H and O–H groups in total. The summed E-state index contributed by atoms with van der Waals surface area (Å²) in [5.41, 5.74) is 4.70. The fourth-order valence-corrected chi connectivity index (χ4v) is 1.78. The summed E-state index contributed by atoms with van der Waals surface area (Å²) in [4.78, 5) is 4.30. The third kappa shape index (κ3) is 2.18. The Bertz CT molecular complexity index is 610. The smallest absolute Gasteiger partial charge is 0.128 e. The largest absolute Gasteiger partial charge is 0.496 e. The van der Waals surface area contributed by atoms with Gasteiger partial charge in [-0.2, -0.15) is 5.26 Å². The van der Waals surface area contributed by atoms with E-state index in [0.717, 1.165) is 17.0 Å². The van der Waals surface area contributed by atoms with E-state index in [0.29, 0.717) is 5.56 Å². The molecule has 0 amide bonds. The van der Waals surface area contributed by atoms with E-state index in [1.54, 1.807) is 19.4 Å². The normalized spacial score (nSPS) is 9.89. The van der Waals surface area contributed by atoms with E-state index in [9.17, 15) is 0 Å². The number of nitrogens with zero attached hydrogens (tertiary/aromatic N) is 2. The van der Waals surface area contributed by atoms with Gasteiger partial charge in [0.05, 0.1) is 18.4 Å². The minimum absolute atomic E-state index is 0.557. The summed E-state index contributed by atoms with van der Waals surface area (Å²) in [7, 11) is 1.65. The molecular weight excluding hydrogens is 224 g/mol. The highest BCUT2D eigenvalue weighted by molar-refractivity contribution is 5.69. The van der Waals surface area contributed by atoms with Gasteiger partial charge >= 0.3 is 0 Å². The second-order valence-corrected chi connectivity index (χ2v) is 4.18. The van der Waals surface area contributed by atoms with Crippen molar-refractivity contribution in [3.63, 3.8) is 0 Å². The van der Waals surface area contributed by atoms with Crippen molar-refractivity contribution in [3.05, 3.63) is 47.2 Å². The van der Waals surface area contributed by atoms with Crippen LogP contribution in [0.15, 0.2) is 30.5 Å². The van der Waals surface area contributed by atoms with Gasteiger partial charge in [-0.25, -0.2) is 0 Å². The van der Waals surface area contributed by atoms with Crippen molar-refractivity contribution in [2.24, 2.45) is 0 Å². The third-order valence-corrected chi connectivity index (χ3v) is 2.98. The molecule has 0 radical (unpaired) electrons. The summed E-state index contributed by atoms with van der Waals surface area (Å²) in [6.07, 6.45) is 1.57. The van der Waals surface area contributed by atoms with Crippen LogP contribution in [0.1, 0.15) is 16.7 Å². The Balaban J connectivity index is 2.55. The lowest BCUT2D eigenvalue weighted by Crippen LogP contribution is -1.93. The van der Waals surface area contributed by atoms with Crippen LogP contribution in [0.5, 0.6) is 5.75 Å². The van der Waals surface area contributed by atoms with Gasteiger partial charge in [0.25, 0.3) is 0 Å². The summed E-state index contributed by atoms with van der Waals surface area (Å²) in [5.74, 6) is 0.801. The predicted molar refractivity (Wildman–Crippen MR) is 70.4 cm³/mol. The molecule has 0 aliphatic heterocycles. The average Bonchev–Trinajstić information content (AvgIpc) is 2.41. The van der Waals surface area contributed by atoms with Gasteiger partial charge in [0.15, 0.2) is 0 Å². The van der Waals surface area contributed by atoms with Crippen molar-refractivity contribution in [3.8, 4) is 23.1 Å². The number of hydrogen-bond donors (Lipinski definition) is 0. The van der Waals surface area contributed by atoms with E-state index in [1.165, 1.54) is 11.1 Å². The van der Waals surface area contributed by atoms with Crippen molar-refractivity contribution < 1.29 is 4.74 Å². The second-order valence-electron chi connectivity index (χ2n) is 4.18. The van der Waals surface area contributed by atoms with Crippen LogP contribution < -0.4 is 4.74 Å². The minimum Gasteiger partial charge on any atom is -0.496 e. The number of benzene rings is 1. The van der Waals surface area contributed by atoms with E-state index < -0.39 is 0 Å². The molecule has 1 aromatic carbocycles. The molecule has 3 nitrogen and oxygen atoms in total. The molecule has 1 heterocycles. The molecule has 0 fully saturated rings. The maximum absolute atomic E-state index is 8.77. The number of aromatic nitrogens is 1. The van der Waals surface area contributed by atoms with Gasteiger partial charge in [0.1, 0.15) is 11.8 Å². The predicted octanol–water partition coefficient (Wildman–Crippen LogP) is 3.25. The van der Waals surface area contributed by atoms with Crippen molar-refractivity contribution >= 4 is 0 Å². The Kier molecular flexibility index (Phi) is 3.29. The van der Waals surface area contributed by atoms with E-state index in [1.807, 2.05) is 19.1 Å². The number of hydrogen-bond acceptors (Lipinski definition) is 3. The fourth-order valence-electron chi connectivity index (χ4n) is 1.78. The first-order valence-corrected chi connectivity index (χ1v) is 5.67. The van der Waals surface area contributed by atoms with Crippen LogP contribution in [0.2, 0.25) is 0 Å². The highest BCUT2D eigenvalue weighted by atomic mass is 16.5. The zero-order valence-electron chi connectivity index (χ0n) is 10.7. The summed E-state index contributed by atoms with van der Waals surface area (Å²) in [5, 5.41) is 8.77. The zero-order chi connectivity index (χ0) is 13.1. The first-order chi connectivity index (χ1) is 8.65.